The Morgan fingerprint density at radius 2 is 2.05 bits per heavy atom. The van der Waals surface area contributed by atoms with Gasteiger partial charge in [-0.2, -0.15) is 0 Å². The third-order valence-corrected chi connectivity index (χ3v) is 4.56. The second kappa shape index (κ2) is 6.16. The zero-order valence-electron chi connectivity index (χ0n) is 12.8. The van der Waals surface area contributed by atoms with E-state index in [2.05, 4.69) is 35.2 Å². The second-order valence-electron chi connectivity index (χ2n) is 6.27. The largest absolute Gasteiger partial charge is 0.370 e. The molecule has 1 unspecified atom stereocenters. The Bertz CT molecular complexity index is 487. The molecule has 4 heteroatoms. The zero-order valence-corrected chi connectivity index (χ0v) is 12.8. The van der Waals surface area contributed by atoms with Gasteiger partial charge in [0.2, 0.25) is 5.91 Å². The molecule has 0 aromatic heterocycles. The van der Waals surface area contributed by atoms with Crippen molar-refractivity contribution in [1.82, 2.24) is 9.80 Å². The van der Waals surface area contributed by atoms with Gasteiger partial charge in [-0.3, -0.25) is 9.69 Å². The number of nitrogens with zero attached hydrogens (tertiary/aromatic N) is 2. The maximum Gasteiger partial charge on any atom is 0.219 e. The summed E-state index contributed by atoms with van der Waals surface area (Å²) in [5.41, 5.74) is 1.19. The molecule has 3 rings (SSSR count). The molecular weight excluding hydrogens is 264 g/mol. The Morgan fingerprint density at radius 3 is 2.81 bits per heavy atom. The molecule has 0 saturated carbocycles. The molecular formula is C17H24N2O2. The van der Waals surface area contributed by atoms with Crippen LogP contribution in [0.15, 0.2) is 30.3 Å². The summed E-state index contributed by atoms with van der Waals surface area (Å²) >= 11 is 0. The van der Waals surface area contributed by atoms with E-state index in [1.165, 1.54) is 5.56 Å². The number of piperidine rings is 1. The van der Waals surface area contributed by atoms with Crippen LogP contribution in [0.25, 0.3) is 0 Å². The monoisotopic (exact) mass is 288 g/mol. The number of rotatable bonds is 2. The predicted octanol–water partition coefficient (Wildman–Crippen LogP) is 1.90. The molecule has 21 heavy (non-hydrogen) atoms. The summed E-state index contributed by atoms with van der Waals surface area (Å²) < 4.78 is 6.12. The van der Waals surface area contributed by atoms with E-state index >= 15 is 0 Å². The fraction of sp³-hybridized carbons (Fsp3) is 0.588. The van der Waals surface area contributed by atoms with Gasteiger partial charge in [0.15, 0.2) is 0 Å². The Morgan fingerprint density at radius 1 is 1.24 bits per heavy atom. The minimum atomic E-state index is -0.156. The minimum Gasteiger partial charge on any atom is -0.370 e. The number of hydrogen-bond acceptors (Lipinski definition) is 3. The van der Waals surface area contributed by atoms with Crippen LogP contribution in [-0.4, -0.2) is 54.1 Å². The maximum atomic E-state index is 11.7. The number of carbonyl (C=O) groups is 1. The van der Waals surface area contributed by atoms with Crippen molar-refractivity contribution in [1.29, 1.82) is 0 Å². The summed E-state index contributed by atoms with van der Waals surface area (Å²) in [6.07, 6.45) is 2.10. The molecule has 0 bridgehead atoms. The van der Waals surface area contributed by atoms with Crippen molar-refractivity contribution in [2.75, 3.05) is 32.8 Å². The smallest absolute Gasteiger partial charge is 0.219 e. The van der Waals surface area contributed by atoms with Gasteiger partial charge < -0.3 is 9.64 Å². The highest BCUT2D eigenvalue weighted by atomic mass is 16.5. The van der Waals surface area contributed by atoms with Crippen LogP contribution >= 0.6 is 0 Å². The van der Waals surface area contributed by atoms with Crippen molar-refractivity contribution in [3.8, 4) is 0 Å². The first kappa shape index (κ1) is 14.5. The Balaban J connectivity index is 1.66. The van der Waals surface area contributed by atoms with Crippen LogP contribution in [0, 0.1) is 0 Å². The number of ether oxygens (including phenoxy) is 1. The Hall–Kier alpha value is -1.39. The highest BCUT2D eigenvalue weighted by molar-refractivity contribution is 5.73. The highest BCUT2D eigenvalue weighted by Crippen LogP contribution is 2.29. The van der Waals surface area contributed by atoms with Crippen LogP contribution in [-0.2, 0) is 16.1 Å². The van der Waals surface area contributed by atoms with E-state index in [0.717, 1.165) is 52.2 Å². The average molecular weight is 288 g/mol. The SMILES string of the molecule is CC(=O)N1CCCC2(CN(Cc3ccccc3)CCO2)C1. The zero-order chi connectivity index (χ0) is 14.7. The van der Waals surface area contributed by atoms with Gasteiger partial charge >= 0.3 is 0 Å². The van der Waals surface area contributed by atoms with Crippen molar-refractivity contribution >= 4 is 5.91 Å². The molecule has 2 saturated heterocycles. The van der Waals surface area contributed by atoms with Crippen LogP contribution < -0.4 is 0 Å². The number of hydrogen-bond donors (Lipinski definition) is 0. The van der Waals surface area contributed by atoms with Crippen LogP contribution in [0.3, 0.4) is 0 Å². The Labute approximate surface area is 126 Å². The molecule has 2 aliphatic rings. The van der Waals surface area contributed by atoms with Crippen molar-refractivity contribution < 1.29 is 9.53 Å². The molecule has 0 radical (unpaired) electrons. The lowest BCUT2D eigenvalue weighted by Crippen LogP contribution is -2.60. The van der Waals surface area contributed by atoms with Gasteiger partial charge in [0, 0.05) is 33.1 Å². The van der Waals surface area contributed by atoms with E-state index < -0.39 is 0 Å². The van der Waals surface area contributed by atoms with Crippen molar-refractivity contribution in [2.24, 2.45) is 0 Å². The van der Waals surface area contributed by atoms with E-state index in [4.69, 9.17) is 4.74 Å². The summed E-state index contributed by atoms with van der Waals surface area (Å²) in [6, 6.07) is 10.6. The molecule has 2 heterocycles. The number of benzene rings is 1. The van der Waals surface area contributed by atoms with Crippen molar-refractivity contribution in [2.45, 2.75) is 31.9 Å². The van der Waals surface area contributed by atoms with Gasteiger partial charge in [0.05, 0.1) is 18.8 Å². The average Bonchev–Trinajstić information content (AvgIpc) is 2.48. The van der Waals surface area contributed by atoms with Gasteiger partial charge in [-0.1, -0.05) is 30.3 Å². The van der Waals surface area contributed by atoms with Crippen LogP contribution in [0.1, 0.15) is 25.3 Å². The molecule has 0 N–H and O–H groups in total. The van der Waals surface area contributed by atoms with Gasteiger partial charge in [-0.05, 0) is 18.4 Å². The molecule has 1 amide bonds. The number of amides is 1. The number of morpholine rings is 1. The van der Waals surface area contributed by atoms with E-state index in [9.17, 15) is 4.79 Å². The summed E-state index contributed by atoms with van der Waals surface area (Å²) in [7, 11) is 0. The van der Waals surface area contributed by atoms with E-state index in [-0.39, 0.29) is 11.5 Å². The van der Waals surface area contributed by atoms with E-state index in [1.807, 2.05) is 4.90 Å². The molecule has 1 atom stereocenters. The first-order valence-corrected chi connectivity index (χ1v) is 7.83. The quantitative estimate of drug-likeness (QED) is 0.833. The molecule has 114 valence electrons. The number of carbonyl (C=O) groups excluding carboxylic acids is 1. The van der Waals surface area contributed by atoms with Crippen LogP contribution in [0.4, 0.5) is 0 Å². The van der Waals surface area contributed by atoms with Gasteiger partial charge in [-0.25, -0.2) is 0 Å². The predicted molar refractivity (Wildman–Crippen MR) is 81.9 cm³/mol. The second-order valence-corrected chi connectivity index (χ2v) is 6.27. The molecule has 1 aromatic rings. The van der Waals surface area contributed by atoms with Crippen LogP contribution in [0.5, 0.6) is 0 Å². The van der Waals surface area contributed by atoms with E-state index in [0.29, 0.717) is 0 Å². The van der Waals surface area contributed by atoms with Crippen molar-refractivity contribution in [3.63, 3.8) is 0 Å². The molecule has 0 aliphatic carbocycles. The Kier molecular flexibility index (Phi) is 4.27. The third kappa shape index (κ3) is 3.44. The third-order valence-electron chi connectivity index (χ3n) is 4.56. The topological polar surface area (TPSA) is 32.8 Å². The normalized spacial score (nSPS) is 27.0. The summed E-state index contributed by atoms with van der Waals surface area (Å²) in [5.74, 6) is 0.165. The molecule has 1 spiro atoms. The molecule has 4 nitrogen and oxygen atoms in total. The minimum absolute atomic E-state index is 0.156. The van der Waals surface area contributed by atoms with E-state index in [1.54, 1.807) is 6.92 Å². The molecule has 2 aliphatic heterocycles. The molecule has 1 aromatic carbocycles. The lowest BCUT2D eigenvalue weighted by atomic mass is 9.90. The first-order valence-electron chi connectivity index (χ1n) is 7.83. The van der Waals surface area contributed by atoms with Crippen molar-refractivity contribution in [3.05, 3.63) is 35.9 Å². The summed E-state index contributed by atoms with van der Waals surface area (Å²) in [6.45, 7) is 6.89. The molecule has 2 fully saturated rings. The lowest BCUT2D eigenvalue weighted by molar-refractivity contribution is -0.156. The van der Waals surface area contributed by atoms with Gasteiger partial charge in [0.25, 0.3) is 0 Å². The van der Waals surface area contributed by atoms with Crippen LogP contribution in [0.2, 0.25) is 0 Å². The highest BCUT2D eigenvalue weighted by Gasteiger charge is 2.41. The fourth-order valence-electron chi connectivity index (χ4n) is 3.51. The van der Waals surface area contributed by atoms with Gasteiger partial charge in [0.1, 0.15) is 0 Å². The summed E-state index contributed by atoms with van der Waals surface area (Å²) in [5, 5.41) is 0. The summed E-state index contributed by atoms with van der Waals surface area (Å²) in [4.78, 5) is 16.1. The fourth-order valence-corrected chi connectivity index (χ4v) is 3.51. The number of likely N-dealkylation sites (tertiary alicyclic amines) is 1. The van der Waals surface area contributed by atoms with Gasteiger partial charge in [-0.15, -0.1) is 0 Å². The lowest BCUT2D eigenvalue weighted by Gasteiger charge is -2.48. The first-order chi connectivity index (χ1) is 10.2. The standard InChI is InChI=1S/C17H24N2O2/c1-15(20)19-9-5-8-17(14-19)13-18(10-11-21-17)12-16-6-3-2-4-7-16/h2-4,6-7H,5,8-14H2,1H3. The maximum absolute atomic E-state index is 11.7.